The van der Waals surface area contributed by atoms with E-state index in [0.717, 1.165) is 17.9 Å². The van der Waals surface area contributed by atoms with Crippen LogP contribution in [0.3, 0.4) is 0 Å². The zero-order chi connectivity index (χ0) is 11.4. The van der Waals surface area contributed by atoms with E-state index < -0.39 is 0 Å². The molecule has 0 bridgehead atoms. The van der Waals surface area contributed by atoms with Gasteiger partial charge in [-0.15, -0.1) is 0 Å². The number of pyridine rings is 1. The van der Waals surface area contributed by atoms with Gasteiger partial charge in [0.25, 0.3) is 0 Å². The SMILES string of the molecule is Cc1ccccc1CNc1cccnc1C. The van der Waals surface area contributed by atoms with Crippen molar-refractivity contribution in [3.8, 4) is 0 Å². The minimum absolute atomic E-state index is 0.846. The molecule has 2 heteroatoms. The molecule has 1 aromatic carbocycles. The van der Waals surface area contributed by atoms with E-state index in [0.29, 0.717) is 0 Å². The summed E-state index contributed by atoms with van der Waals surface area (Å²) in [5.74, 6) is 0. The second kappa shape index (κ2) is 4.79. The lowest BCUT2D eigenvalue weighted by Gasteiger charge is -2.10. The smallest absolute Gasteiger partial charge is 0.0603 e. The number of nitrogens with one attached hydrogen (secondary N) is 1. The molecule has 82 valence electrons. The molecule has 0 spiro atoms. The van der Waals surface area contributed by atoms with Crippen molar-refractivity contribution >= 4 is 5.69 Å². The van der Waals surface area contributed by atoms with Crippen molar-refractivity contribution in [1.29, 1.82) is 0 Å². The number of aryl methyl sites for hydroxylation is 2. The Morgan fingerprint density at radius 2 is 1.88 bits per heavy atom. The molecule has 0 aliphatic carbocycles. The van der Waals surface area contributed by atoms with Crippen molar-refractivity contribution in [2.45, 2.75) is 20.4 Å². The Bertz CT molecular complexity index is 432. The maximum absolute atomic E-state index is 4.25. The Labute approximate surface area is 96.4 Å². The Morgan fingerprint density at radius 1 is 1.06 bits per heavy atom. The summed E-state index contributed by atoms with van der Waals surface area (Å²) in [7, 11) is 0. The Hall–Kier alpha value is -1.83. The van der Waals surface area contributed by atoms with Crippen LogP contribution in [0.4, 0.5) is 5.69 Å². The number of anilines is 1. The van der Waals surface area contributed by atoms with E-state index >= 15 is 0 Å². The van der Waals surface area contributed by atoms with Crippen LogP contribution in [0.5, 0.6) is 0 Å². The zero-order valence-corrected chi connectivity index (χ0v) is 9.70. The molecule has 0 saturated carbocycles. The summed E-state index contributed by atoms with van der Waals surface area (Å²) in [4.78, 5) is 4.25. The van der Waals surface area contributed by atoms with Crippen molar-refractivity contribution in [3.05, 3.63) is 59.4 Å². The molecule has 0 aliphatic rings. The van der Waals surface area contributed by atoms with Gasteiger partial charge in [-0.1, -0.05) is 24.3 Å². The fourth-order valence-electron chi connectivity index (χ4n) is 1.67. The molecule has 0 saturated heterocycles. The topological polar surface area (TPSA) is 24.9 Å². The summed E-state index contributed by atoms with van der Waals surface area (Å²) >= 11 is 0. The molecule has 16 heavy (non-hydrogen) atoms. The average molecular weight is 212 g/mol. The summed E-state index contributed by atoms with van der Waals surface area (Å²) in [6, 6.07) is 12.4. The molecule has 2 aromatic rings. The monoisotopic (exact) mass is 212 g/mol. The summed E-state index contributed by atoms with van der Waals surface area (Å²) < 4.78 is 0. The standard InChI is InChI=1S/C14H16N2/c1-11-6-3-4-7-13(11)10-16-14-8-5-9-15-12(14)2/h3-9,16H,10H2,1-2H3. The zero-order valence-electron chi connectivity index (χ0n) is 9.70. The second-order valence-electron chi connectivity index (χ2n) is 3.92. The Balaban J connectivity index is 2.09. The normalized spacial score (nSPS) is 10.1. The van der Waals surface area contributed by atoms with Gasteiger partial charge in [-0.3, -0.25) is 4.98 Å². The van der Waals surface area contributed by atoms with Crippen LogP contribution in [-0.2, 0) is 6.54 Å². The minimum atomic E-state index is 0.846. The Morgan fingerprint density at radius 3 is 2.62 bits per heavy atom. The van der Waals surface area contributed by atoms with Gasteiger partial charge in [0.15, 0.2) is 0 Å². The first-order valence-electron chi connectivity index (χ1n) is 5.47. The van der Waals surface area contributed by atoms with Crippen molar-refractivity contribution in [3.63, 3.8) is 0 Å². The van der Waals surface area contributed by atoms with E-state index in [1.165, 1.54) is 11.1 Å². The fourth-order valence-corrected chi connectivity index (χ4v) is 1.67. The van der Waals surface area contributed by atoms with Gasteiger partial charge in [0.2, 0.25) is 0 Å². The van der Waals surface area contributed by atoms with Gasteiger partial charge in [0.05, 0.1) is 11.4 Å². The highest BCUT2D eigenvalue weighted by Crippen LogP contribution is 2.13. The molecule has 2 nitrogen and oxygen atoms in total. The van der Waals surface area contributed by atoms with Crippen LogP contribution in [-0.4, -0.2) is 4.98 Å². The molecule has 0 fully saturated rings. The van der Waals surface area contributed by atoms with Crippen LogP contribution in [0, 0.1) is 13.8 Å². The molecule has 0 radical (unpaired) electrons. The first kappa shape index (κ1) is 10.7. The van der Waals surface area contributed by atoms with Gasteiger partial charge in [-0.2, -0.15) is 0 Å². The van der Waals surface area contributed by atoms with Crippen LogP contribution in [0.15, 0.2) is 42.6 Å². The number of benzene rings is 1. The largest absolute Gasteiger partial charge is 0.379 e. The summed E-state index contributed by atoms with van der Waals surface area (Å²) in [5, 5.41) is 3.41. The fraction of sp³-hybridized carbons (Fsp3) is 0.214. The molecular formula is C14H16N2. The van der Waals surface area contributed by atoms with Gasteiger partial charge < -0.3 is 5.32 Å². The second-order valence-corrected chi connectivity index (χ2v) is 3.92. The first-order chi connectivity index (χ1) is 7.77. The van der Waals surface area contributed by atoms with Crippen LogP contribution in [0.2, 0.25) is 0 Å². The lowest BCUT2D eigenvalue weighted by atomic mass is 10.1. The molecular weight excluding hydrogens is 196 g/mol. The van der Waals surface area contributed by atoms with E-state index in [9.17, 15) is 0 Å². The molecule has 0 atom stereocenters. The molecule has 0 aliphatic heterocycles. The molecule has 1 aromatic heterocycles. The molecule has 1 heterocycles. The van der Waals surface area contributed by atoms with Gasteiger partial charge >= 0.3 is 0 Å². The molecule has 0 amide bonds. The third-order valence-corrected chi connectivity index (χ3v) is 2.74. The summed E-state index contributed by atoms with van der Waals surface area (Å²) in [6.07, 6.45) is 1.81. The predicted molar refractivity (Wildman–Crippen MR) is 67.5 cm³/mol. The van der Waals surface area contributed by atoms with Gasteiger partial charge in [0, 0.05) is 12.7 Å². The van der Waals surface area contributed by atoms with Crippen LogP contribution in [0.25, 0.3) is 0 Å². The number of aromatic nitrogens is 1. The highest BCUT2D eigenvalue weighted by molar-refractivity contribution is 5.47. The molecule has 2 rings (SSSR count). The molecule has 0 unspecified atom stereocenters. The van der Waals surface area contributed by atoms with Crippen molar-refractivity contribution in [2.75, 3.05) is 5.32 Å². The van der Waals surface area contributed by atoms with Crippen molar-refractivity contribution in [2.24, 2.45) is 0 Å². The lowest BCUT2D eigenvalue weighted by Crippen LogP contribution is -2.03. The van der Waals surface area contributed by atoms with Crippen molar-refractivity contribution in [1.82, 2.24) is 4.98 Å². The van der Waals surface area contributed by atoms with E-state index in [1.54, 1.807) is 0 Å². The summed E-state index contributed by atoms with van der Waals surface area (Å²) in [6.45, 7) is 4.99. The highest BCUT2D eigenvalue weighted by Gasteiger charge is 1.99. The quantitative estimate of drug-likeness (QED) is 0.844. The van der Waals surface area contributed by atoms with E-state index in [1.807, 2.05) is 19.2 Å². The maximum Gasteiger partial charge on any atom is 0.0603 e. The van der Waals surface area contributed by atoms with Crippen molar-refractivity contribution < 1.29 is 0 Å². The third-order valence-electron chi connectivity index (χ3n) is 2.74. The number of hydrogen-bond donors (Lipinski definition) is 1. The average Bonchev–Trinajstić information content (AvgIpc) is 2.30. The molecule has 1 N–H and O–H groups in total. The maximum atomic E-state index is 4.25. The van der Waals surface area contributed by atoms with E-state index in [-0.39, 0.29) is 0 Å². The number of nitrogens with zero attached hydrogens (tertiary/aromatic N) is 1. The third kappa shape index (κ3) is 2.40. The van der Waals surface area contributed by atoms with Gasteiger partial charge in [0.1, 0.15) is 0 Å². The Kier molecular flexibility index (Phi) is 3.20. The lowest BCUT2D eigenvalue weighted by molar-refractivity contribution is 1.09. The highest BCUT2D eigenvalue weighted by atomic mass is 14.9. The van der Waals surface area contributed by atoms with Crippen LogP contribution in [0.1, 0.15) is 16.8 Å². The van der Waals surface area contributed by atoms with Crippen LogP contribution < -0.4 is 5.32 Å². The van der Waals surface area contributed by atoms with Crippen LogP contribution >= 0.6 is 0 Å². The van der Waals surface area contributed by atoms with E-state index in [2.05, 4.69) is 47.6 Å². The predicted octanol–water partition coefficient (Wildman–Crippen LogP) is 3.31. The number of rotatable bonds is 3. The van der Waals surface area contributed by atoms with E-state index in [4.69, 9.17) is 0 Å². The number of hydrogen-bond acceptors (Lipinski definition) is 2. The summed E-state index contributed by atoms with van der Waals surface area (Å²) in [5.41, 5.74) is 4.78. The first-order valence-corrected chi connectivity index (χ1v) is 5.47. The van der Waals surface area contributed by atoms with Gasteiger partial charge in [-0.05, 0) is 37.1 Å². The van der Waals surface area contributed by atoms with Gasteiger partial charge in [-0.25, -0.2) is 0 Å². The minimum Gasteiger partial charge on any atom is -0.379 e.